The lowest BCUT2D eigenvalue weighted by Gasteiger charge is -2.23. The molecule has 0 saturated heterocycles. The minimum atomic E-state index is -0.179. The Morgan fingerprint density at radius 1 is 1.19 bits per heavy atom. The lowest BCUT2D eigenvalue weighted by molar-refractivity contribution is 0.355. The van der Waals surface area contributed by atoms with Gasteiger partial charge in [0.25, 0.3) is 5.56 Å². The second kappa shape index (κ2) is 7.19. The maximum atomic E-state index is 12.4. The summed E-state index contributed by atoms with van der Waals surface area (Å²) in [5.41, 5.74) is 0.415. The molecule has 2 aliphatic rings. The number of rotatable bonds is 4. The number of thioether (sulfide) groups is 1. The maximum absolute atomic E-state index is 12.4. The van der Waals surface area contributed by atoms with Crippen LogP contribution in [0.25, 0.3) is 10.9 Å². The van der Waals surface area contributed by atoms with E-state index in [2.05, 4.69) is 15.3 Å². The number of fused-ring (bicyclic) bond motifs is 2. The van der Waals surface area contributed by atoms with Crippen molar-refractivity contribution in [2.24, 2.45) is 4.99 Å². The standard InChI is InChI=1S/C18H22N4O3S/c1-24-14-7-10-13(8-15(14)25-2)19-16(22-17(10)23)9-26-18-20-11-5-3-4-6-12(11)21-18/h7-8,11-12H,3-6,9H2,1-2H3,(H,20,21)(H,19,22,23). The van der Waals surface area contributed by atoms with Gasteiger partial charge in [0.1, 0.15) is 5.82 Å². The van der Waals surface area contributed by atoms with Crippen LogP contribution in [0.5, 0.6) is 11.5 Å². The van der Waals surface area contributed by atoms with Crippen LogP contribution in [0.2, 0.25) is 0 Å². The molecule has 1 fully saturated rings. The lowest BCUT2D eigenvalue weighted by atomic mass is 9.92. The topological polar surface area (TPSA) is 88.6 Å². The van der Waals surface area contributed by atoms with Gasteiger partial charge in [-0.05, 0) is 18.9 Å². The first-order valence-electron chi connectivity index (χ1n) is 8.80. The Hall–Kier alpha value is -2.22. The van der Waals surface area contributed by atoms with Gasteiger partial charge < -0.3 is 19.8 Å². The predicted molar refractivity (Wildman–Crippen MR) is 103 cm³/mol. The third-order valence-corrected chi connectivity index (χ3v) is 5.84. The Balaban J connectivity index is 1.54. The van der Waals surface area contributed by atoms with Crippen molar-refractivity contribution in [2.45, 2.75) is 43.5 Å². The number of aromatic nitrogens is 2. The first kappa shape index (κ1) is 17.2. The van der Waals surface area contributed by atoms with E-state index >= 15 is 0 Å². The van der Waals surface area contributed by atoms with Crippen LogP contribution in [0.3, 0.4) is 0 Å². The molecule has 8 heteroatoms. The number of ether oxygens (including phenoxy) is 2. The molecule has 1 aliphatic heterocycles. The number of aromatic amines is 1. The summed E-state index contributed by atoms with van der Waals surface area (Å²) in [4.78, 5) is 24.6. The highest BCUT2D eigenvalue weighted by Crippen LogP contribution is 2.30. The van der Waals surface area contributed by atoms with Crippen molar-refractivity contribution in [2.75, 3.05) is 14.2 Å². The molecule has 2 heterocycles. The fourth-order valence-electron chi connectivity index (χ4n) is 3.58. The largest absolute Gasteiger partial charge is 0.493 e. The van der Waals surface area contributed by atoms with Crippen LogP contribution in [-0.4, -0.2) is 41.4 Å². The van der Waals surface area contributed by atoms with Gasteiger partial charge in [0.15, 0.2) is 16.7 Å². The highest BCUT2D eigenvalue weighted by atomic mass is 32.2. The molecule has 0 bridgehead atoms. The van der Waals surface area contributed by atoms with Gasteiger partial charge in [0.05, 0.1) is 43.0 Å². The van der Waals surface area contributed by atoms with Crippen LogP contribution >= 0.6 is 11.8 Å². The Morgan fingerprint density at radius 2 is 1.96 bits per heavy atom. The van der Waals surface area contributed by atoms with Crippen molar-refractivity contribution in [3.05, 3.63) is 28.3 Å². The molecule has 1 saturated carbocycles. The van der Waals surface area contributed by atoms with Gasteiger partial charge in [-0.2, -0.15) is 0 Å². The number of H-pyrrole nitrogens is 1. The summed E-state index contributed by atoms with van der Waals surface area (Å²) in [6.45, 7) is 0. The summed E-state index contributed by atoms with van der Waals surface area (Å²) in [6, 6.07) is 4.28. The van der Waals surface area contributed by atoms with Crippen molar-refractivity contribution in [1.82, 2.24) is 15.3 Å². The normalized spacial score (nSPS) is 21.8. The van der Waals surface area contributed by atoms with Crippen LogP contribution < -0.4 is 20.3 Å². The molecule has 1 aromatic carbocycles. The van der Waals surface area contributed by atoms with Crippen molar-refractivity contribution in [1.29, 1.82) is 0 Å². The van der Waals surface area contributed by atoms with Crippen LogP contribution in [0.15, 0.2) is 21.9 Å². The Kier molecular flexibility index (Phi) is 4.76. The number of nitrogens with zero attached hydrogens (tertiary/aromatic N) is 2. The maximum Gasteiger partial charge on any atom is 0.258 e. The van der Waals surface area contributed by atoms with Crippen LogP contribution in [0.1, 0.15) is 31.5 Å². The minimum absolute atomic E-state index is 0.179. The van der Waals surface area contributed by atoms with Gasteiger partial charge in [-0.1, -0.05) is 24.6 Å². The van der Waals surface area contributed by atoms with Crippen molar-refractivity contribution >= 4 is 27.8 Å². The lowest BCUT2D eigenvalue weighted by Crippen LogP contribution is -2.36. The average molecular weight is 374 g/mol. The van der Waals surface area contributed by atoms with Crippen molar-refractivity contribution in [3.8, 4) is 11.5 Å². The molecule has 2 aromatic rings. The Labute approximate surface area is 155 Å². The number of amidine groups is 1. The minimum Gasteiger partial charge on any atom is -0.493 e. The molecule has 1 aliphatic carbocycles. The molecule has 138 valence electrons. The van der Waals surface area contributed by atoms with E-state index in [0.29, 0.717) is 46.1 Å². The summed E-state index contributed by atoms with van der Waals surface area (Å²) in [5.74, 6) is 2.26. The number of nitrogens with one attached hydrogen (secondary N) is 2. The van der Waals surface area contributed by atoms with E-state index in [-0.39, 0.29) is 5.56 Å². The number of methoxy groups -OCH3 is 2. The summed E-state index contributed by atoms with van der Waals surface area (Å²) in [5, 5.41) is 4.95. The average Bonchev–Trinajstić information content (AvgIpc) is 3.08. The molecule has 0 spiro atoms. The third kappa shape index (κ3) is 3.25. The van der Waals surface area contributed by atoms with Crippen LogP contribution in [0.4, 0.5) is 0 Å². The van der Waals surface area contributed by atoms with E-state index < -0.39 is 0 Å². The zero-order valence-corrected chi connectivity index (χ0v) is 15.7. The highest BCUT2D eigenvalue weighted by Gasteiger charge is 2.30. The SMILES string of the molecule is COc1cc2nc(CSC3=NC4CCCCC4N3)[nH]c(=O)c2cc1OC. The van der Waals surface area contributed by atoms with Crippen LogP contribution in [-0.2, 0) is 5.75 Å². The van der Waals surface area contributed by atoms with Gasteiger partial charge in [0.2, 0.25) is 0 Å². The molecular weight excluding hydrogens is 352 g/mol. The number of aliphatic imine (C=N–C) groups is 1. The molecule has 2 N–H and O–H groups in total. The fraction of sp³-hybridized carbons (Fsp3) is 0.500. The summed E-state index contributed by atoms with van der Waals surface area (Å²) in [6.07, 6.45) is 4.88. The first-order valence-corrected chi connectivity index (χ1v) is 9.78. The molecule has 0 amide bonds. The molecule has 2 atom stereocenters. The van der Waals surface area contributed by atoms with Crippen LogP contribution in [0, 0.1) is 0 Å². The van der Waals surface area contributed by atoms with E-state index in [9.17, 15) is 4.79 Å². The number of hydrogen-bond acceptors (Lipinski definition) is 7. The van der Waals surface area contributed by atoms with Gasteiger partial charge in [-0.25, -0.2) is 4.98 Å². The van der Waals surface area contributed by atoms with Gasteiger partial charge in [0, 0.05) is 6.07 Å². The highest BCUT2D eigenvalue weighted by molar-refractivity contribution is 8.13. The molecule has 0 radical (unpaired) electrons. The first-order chi connectivity index (χ1) is 12.7. The van der Waals surface area contributed by atoms with Gasteiger partial charge in [-0.15, -0.1) is 0 Å². The summed E-state index contributed by atoms with van der Waals surface area (Å²) < 4.78 is 10.6. The summed E-state index contributed by atoms with van der Waals surface area (Å²) in [7, 11) is 3.11. The number of benzene rings is 1. The third-order valence-electron chi connectivity index (χ3n) is 4.93. The second-order valence-corrected chi connectivity index (χ2v) is 7.53. The zero-order valence-electron chi connectivity index (χ0n) is 14.9. The Morgan fingerprint density at radius 3 is 2.73 bits per heavy atom. The molecule has 1 aromatic heterocycles. The summed E-state index contributed by atoms with van der Waals surface area (Å²) >= 11 is 1.59. The quantitative estimate of drug-likeness (QED) is 0.855. The van der Waals surface area contributed by atoms with Gasteiger partial charge in [-0.3, -0.25) is 9.79 Å². The van der Waals surface area contributed by atoms with E-state index in [1.165, 1.54) is 19.3 Å². The van der Waals surface area contributed by atoms with E-state index in [1.54, 1.807) is 38.1 Å². The molecule has 7 nitrogen and oxygen atoms in total. The van der Waals surface area contributed by atoms with E-state index in [4.69, 9.17) is 14.5 Å². The van der Waals surface area contributed by atoms with E-state index in [0.717, 1.165) is 11.6 Å². The number of hydrogen-bond donors (Lipinski definition) is 2. The second-order valence-electron chi connectivity index (χ2n) is 6.56. The molecular formula is C18H22N4O3S. The molecule has 2 unspecified atom stereocenters. The molecule has 26 heavy (non-hydrogen) atoms. The van der Waals surface area contributed by atoms with E-state index in [1.807, 2.05) is 0 Å². The zero-order chi connectivity index (χ0) is 18.1. The smallest absolute Gasteiger partial charge is 0.258 e. The van der Waals surface area contributed by atoms with Gasteiger partial charge >= 0.3 is 0 Å². The monoisotopic (exact) mass is 374 g/mol. The molecule has 4 rings (SSSR count). The van der Waals surface area contributed by atoms with Crippen molar-refractivity contribution < 1.29 is 9.47 Å². The van der Waals surface area contributed by atoms with Crippen molar-refractivity contribution in [3.63, 3.8) is 0 Å². The fourth-order valence-corrected chi connectivity index (χ4v) is 4.43. The Bertz CT molecular complexity index is 911. The predicted octanol–water partition coefficient (Wildman–Crippen LogP) is 2.44.